The van der Waals surface area contributed by atoms with Gasteiger partial charge in [0, 0.05) is 0 Å². The molecule has 0 saturated carbocycles. The average Bonchev–Trinajstić information content (AvgIpc) is 2.26. The number of hydrogen-bond donors (Lipinski definition) is 0. The molecule has 1 unspecified atom stereocenters. The lowest BCUT2D eigenvalue weighted by atomic mass is 9.84. The Bertz CT molecular complexity index is 355. The van der Waals surface area contributed by atoms with Crippen molar-refractivity contribution < 1.29 is 4.74 Å². The molecule has 0 bridgehead atoms. The van der Waals surface area contributed by atoms with Crippen LogP contribution in [0.2, 0.25) is 0 Å². The first-order valence-corrected chi connectivity index (χ1v) is 6.73. The van der Waals surface area contributed by atoms with Gasteiger partial charge >= 0.3 is 0 Å². The Morgan fingerprint density at radius 3 is 2.41 bits per heavy atom. The molecule has 1 aliphatic rings. The molecule has 1 aliphatic heterocycles. The molecule has 1 aromatic carbocycles. The second-order valence-corrected chi connectivity index (χ2v) is 6.15. The molecule has 0 spiro atoms. The molecule has 17 heavy (non-hydrogen) atoms. The smallest absolute Gasteiger partial charge is 0.0665 e. The lowest BCUT2D eigenvalue weighted by Crippen LogP contribution is -2.43. The standard InChI is InChI=1S/C16H24O/c1-15(2)11-7-12-16(3,17-15)13-10-14-8-5-4-6-9-14/h4-6,8-9H,7,10-13H2,1-3H3. The first-order chi connectivity index (χ1) is 7.99. The summed E-state index contributed by atoms with van der Waals surface area (Å²) in [6, 6.07) is 10.7. The maximum atomic E-state index is 6.28. The van der Waals surface area contributed by atoms with Crippen LogP contribution in [0.5, 0.6) is 0 Å². The Labute approximate surface area is 105 Å². The van der Waals surface area contributed by atoms with E-state index < -0.39 is 0 Å². The number of benzene rings is 1. The summed E-state index contributed by atoms with van der Waals surface area (Å²) in [5.74, 6) is 0. The monoisotopic (exact) mass is 232 g/mol. The van der Waals surface area contributed by atoms with Crippen molar-refractivity contribution in [2.45, 2.75) is 64.1 Å². The normalized spacial score (nSPS) is 27.9. The van der Waals surface area contributed by atoms with E-state index in [4.69, 9.17) is 4.74 Å². The van der Waals surface area contributed by atoms with E-state index in [0.29, 0.717) is 0 Å². The summed E-state index contributed by atoms with van der Waals surface area (Å²) in [5.41, 5.74) is 1.54. The largest absolute Gasteiger partial charge is 0.369 e. The fourth-order valence-corrected chi connectivity index (χ4v) is 2.89. The molecule has 0 N–H and O–H groups in total. The van der Waals surface area contributed by atoms with E-state index in [1.54, 1.807) is 0 Å². The van der Waals surface area contributed by atoms with Crippen molar-refractivity contribution in [3.63, 3.8) is 0 Å². The number of aryl methyl sites for hydroxylation is 1. The summed E-state index contributed by atoms with van der Waals surface area (Å²) in [6.45, 7) is 6.71. The van der Waals surface area contributed by atoms with Gasteiger partial charge in [-0.3, -0.25) is 0 Å². The SMILES string of the molecule is CC1(C)CCCC(C)(CCc2ccccc2)O1. The van der Waals surface area contributed by atoms with Gasteiger partial charge in [-0.15, -0.1) is 0 Å². The van der Waals surface area contributed by atoms with Crippen molar-refractivity contribution in [1.29, 1.82) is 0 Å². The van der Waals surface area contributed by atoms with Gasteiger partial charge in [0.1, 0.15) is 0 Å². The molecule has 1 aromatic rings. The zero-order valence-corrected chi connectivity index (χ0v) is 11.3. The first kappa shape index (κ1) is 12.6. The lowest BCUT2D eigenvalue weighted by molar-refractivity contribution is -0.167. The summed E-state index contributed by atoms with van der Waals surface area (Å²) < 4.78 is 6.28. The predicted octanol–water partition coefficient (Wildman–Crippen LogP) is 4.36. The summed E-state index contributed by atoms with van der Waals surface area (Å²) in [4.78, 5) is 0. The zero-order valence-electron chi connectivity index (χ0n) is 11.3. The molecule has 94 valence electrons. The molecule has 1 fully saturated rings. The first-order valence-electron chi connectivity index (χ1n) is 6.73. The van der Waals surface area contributed by atoms with E-state index in [0.717, 1.165) is 12.8 Å². The van der Waals surface area contributed by atoms with Crippen molar-refractivity contribution in [3.05, 3.63) is 35.9 Å². The van der Waals surface area contributed by atoms with Gasteiger partial charge in [-0.2, -0.15) is 0 Å². The summed E-state index contributed by atoms with van der Waals surface area (Å²) in [6.07, 6.45) is 5.92. The van der Waals surface area contributed by atoms with Crippen molar-refractivity contribution in [2.24, 2.45) is 0 Å². The van der Waals surface area contributed by atoms with E-state index in [2.05, 4.69) is 51.1 Å². The predicted molar refractivity (Wildman–Crippen MR) is 72.2 cm³/mol. The van der Waals surface area contributed by atoms with Crippen molar-refractivity contribution in [2.75, 3.05) is 0 Å². The van der Waals surface area contributed by atoms with Gasteiger partial charge < -0.3 is 4.74 Å². The van der Waals surface area contributed by atoms with Crippen LogP contribution in [-0.2, 0) is 11.2 Å². The van der Waals surface area contributed by atoms with Gasteiger partial charge in [0.25, 0.3) is 0 Å². The Morgan fingerprint density at radius 1 is 1.06 bits per heavy atom. The van der Waals surface area contributed by atoms with Gasteiger partial charge in [-0.25, -0.2) is 0 Å². The van der Waals surface area contributed by atoms with E-state index in [1.807, 2.05) is 0 Å². The summed E-state index contributed by atoms with van der Waals surface area (Å²) >= 11 is 0. The maximum absolute atomic E-state index is 6.28. The van der Waals surface area contributed by atoms with Gasteiger partial charge in [0.2, 0.25) is 0 Å². The van der Waals surface area contributed by atoms with Crippen LogP contribution in [0.25, 0.3) is 0 Å². The molecule has 0 aromatic heterocycles. The van der Waals surface area contributed by atoms with Crippen molar-refractivity contribution in [3.8, 4) is 0 Å². The molecule has 0 aliphatic carbocycles. The minimum absolute atomic E-state index is 0.0592. The highest BCUT2D eigenvalue weighted by Gasteiger charge is 2.36. The Morgan fingerprint density at radius 2 is 1.76 bits per heavy atom. The second kappa shape index (κ2) is 4.81. The molecule has 1 heteroatoms. The minimum Gasteiger partial charge on any atom is -0.369 e. The average molecular weight is 232 g/mol. The van der Waals surface area contributed by atoms with Crippen molar-refractivity contribution in [1.82, 2.24) is 0 Å². The topological polar surface area (TPSA) is 9.23 Å². The van der Waals surface area contributed by atoms with Crippen LogP contribution in [0.4, 0.5) is 0 Å². The maximum Gasteiger partial charge on any atom is 0.0665 e. The van der Waals surface area contributed by atoms with Crippen LogP contribution >= 0.6 is 0 Å². The molecule has 1 heterocycles. The third-order valence-corrected chi connectivity index (χ3v) is 3.79. The Kier molecular flexibility index (Phi) is 3.58. The zero-order chi connectivity index (χ0) is 12.4. The third kappa shape index (κ3) is 3.57. The quantitative estimate of drug-likeness (QED) is 0.752. The molecule has 0 amide bonds. The fourth-order valence-electron chi connectivity index (χ4n) is 2.89. The van der Waals surface area contributed by atoms with E-state index in [1.165, 1.54) is 24.8 Å². The number of rotatable bonds is 3. The van der Waals surface area contributed by atoms with Gasteiger partial charge in [0.15, 0.2) is 0 Å². The highest BCUT2D eigenvalue weighted by molar-refractivity contribution is 5.15. The van der Waals surface area contributed by atoms with Crippen LogP contribution < -0.4 is 0 Å². The van der Waals surface area contributed by atoms with Gasteiger partial charge in [-0.1, -0.05) is 30.3 Å². The molecule has 1 nitrogen and oxygen atoms in total. The van der Waals surface area contributed by atoms with Gasteiger partial charge in [0.05, 0.1) is 11.2 Å². The number of ether oxygens (including phenoxy) is 1. The molecule has 2 rings (SSSR count). The molecular formula is C16H24O. The van der Waals surface area contributed by atoms with E-state index in [-0.39, 0.29) is 11.2 Å². The lowest BCUT2D eigenvalue weighted by Gasteiger charge is -2.43. The summed E-state index contributed by atoms with van der Waals surface area (Å²) in [5, 5.41) is 0. The highest BCUT2D eigenvalue weighted by Crippen LogP contribution is 2.37. The van der Waals surface area contributed by atoms with Crippen LogP contribution in [0.15, 0.2) is 30.3 Å². The Balaban J connectivity index is 1.94. The van der Waals surface area contributed by atoms with Crippen molar-refractivity contribution >= 4 is 0 Å². The van der Waals surface area contributed by atoms with Crippen LogP contribution in [0, 0.1) is 0 Å². The van der Waals surface area contributed by atoms with Gasteiger partial charge in [-0.05, 0) is 58.4 Å². The van der Waals surface area contributed by atoms with E-state index >= 15 is 0 Å². The van der Waals surface area contributed by atoms with E-state index in [9.17, 15) is 0 Å². The molecule has 0 radical (unpaired) electrons. The van der Waals surface area contributed by atoms with Crippen LogP contribution in [0.3, 0.4) is 0 Å². The van der Waals surface area contributed by atoms with Crippen LogP contribution in [-0.4, -0.2) is 11.2 Å². The summed E-state index contributed by atoms with van der Waals surface area (Å²) in [7, 11) is 0. The third-order valence-electron chi connectivity index (χ3n) is 3.79. The molecule has 1 atom stereocenters. The minimum atomic E-state index is 0.0592. The molecule has 1 saturated heterocycles. The fraction of sp³-hybridized carbons (Fsp3) is 0.625. The second-order valence-electron chi connectivity index (χ2n) is 6.15. The van der Waals surface area contributed by atoms with Crippen LogP contribution in [0.1, 0.15) is 52.0 Å². The Hall–Kier alpha value is -0.820. The molecular weight excluding hydrogens is 208 g/mol. The number of hydrogen-bond acceptors (Lipinski definition) is 1. The highest BCUT2D eigenvalue weighted by atomic mass is 16.5.